The molecule has 1 aliphatic heterocycles. The van der Waals surface area contributed by atoms with Crippen molar-refractivity contribution in [1.29, 1.82) is 0 Å². The van der Waals surface area contributed by atoms with E-state index in [2.05, 4.69) is 10.9 Å². The summed E-state index contributed by atoms with van der Waals surface area (Å²) in [5.41, 5.74) is 8.61. The highest BCUT2D eigenvalue weighted by molar-refractivity contribution is 6.33. The van der Waals surface area contributed by atoms with E-state index in [0.29, 0.717) is 0 Å². The van der Waals surface area contributed by atoms with Gasteiger partial charge in [-0.05, 0) is 41.3 Å². The maximum Gasteiger partial charge on any atom is 0.329 e. The number of hydrogen-bond acceptors (Lipinski definition) is 6. The summed E-state index contributed by atoms with van der Waals surface area (Å²) >= 11 is 5.98. The molecule has 0 unspecified atom stereocenters. The predicted molar refractivity (Wildman–Crippen MR) is 143 cm³/mol. The van der Waals surface area contributed by atoms with Gasteiger partial charge in [-0.15, -0.1) is 0 Å². The quantitative estimate of drug-likeness (QED) is 0.283. The Hall–Kier alpha value is -4.50. The smallest absolute Gasteiger partial charge is 0.329 e. The molecule has 2 N–H and O–H groups in total. The molecule has 0 aromatic heterocycles. The van der Waals surface area contributed by atoms with Gasteiger partial charge in [-0.25, -0.2) is 4.79 Å². The van der Waals surface area contributed by atoms with Gasteiger partial charge in [-0.2, -0.15) is 0 Å². The first-order valence-corrected chi connectivity index (χ1v) is 13.2. The van der Waals surface area contributed by atoms with Gasteiger partial charge in [-0.3, -0.25) is 34.9 Å². The number of esters is 1. The number of ether oxygens (including phenoxy) is 1. The molecule has 3 aromatic rings. The topological polar surface area (TPSA) is 122 Å². The number of hydrazine groups is 1. The zero-order valence-corrected chi connectivity index (χ0v) is 22.1. The van der Waals surface area contributed by atoms with Gasteiger partial charge in [0, 0.05) is 11.8 Å². The average molecular weight is 558 g/mol. The van der Waals surface area contributed by atoms with Crippen LogP contribution in [0.5, 0.6) is 0 Å². The van der Waals surface area contributed by atoms with Crippen molar-refractivity contribution in [3.05, 3.63) is 106 Å². The number of nitrogens with one attached hydrogen (secondary N) is 2. The number of rotatable bonds is 5. The monoisotopic (exact) mass is 557 g/mol. The lowest BCUT2D eigenvalue weighted by molar-refractivity contribution is -0.159. The molecule has 1 heterocycles. The molecule has 0 spiro atoms. The minimum atomic E-state index is -1.23. The first-order valence-electron chi connectivity index (χ1n) is 12.8. The Kier molecular flexibility index (Phi) is 6.38. The van der Waals surface area contributed by atoms with Crippen molar-refractivity contribution >= 4 is 41.2 Å². The minimum absolute atomic E-state index is 0.154. The maximum atomic E-state index is 13.7. The second kappa shape index (κ2) is 9.91. The first-order chi connectivity index (χ1) is 19.3. The third-order valence-corrected chi connectivity index (χ3v) is 8.32. The van der Waals surface area contributed by atoms with Crippen LogP contribution >= 0.6 is 11.6 Å². The molecule has 3 aliphatic carbocycles. The van der Waals surface area contributed by atoms with Crippen molar-refractivity contribution in [1.82, 2.24) is 15.8 Å². The van der Waals surface area contributed by atoms with E-state index in [1.165, 1.54) is 19.1 Å². The zero-order valence-electron chi connectivity index (χ0n) is 21.3. The molecule has 9 nitrogen and oxygen atoms in total. The molecule has 7 rings (SSSR count). The summed E-state index contributed by atoms with van der Waals surface area (Å²) in [4.78, 5) is 65.8. The Balaban J connectivity index is 1.14. The van der Waals surface area contributed by atoms with Crippen LogP contribution in [0.25, 0.3) is 0 Å². The summed E-state index contributed by atoms with van der Waals surface area (Å²) in [6.07, 6.45) is 0. The van der Waals surface area contributed by atoms with Gasteiger partial charge in [0.25, 0.3) is 11.8 Å². The van der Waals surface area contributed by atoms with E-state index in [9.17, 15) is 24.0 Å². The molecule has 10 heteroatoms. The number of imide groups is 1. The summed E-state index contributed by atoms with van der Waals surface area (Å²) in [6.45, 7) is 0.686. The molecule has 3 atom stereocenters. The van der Waals surface area contributed by atoms with E-state index in [0.717, 1.165) is 27.2 Å². The normalized spacial score (nSPS) is 22.6. The van der Waals surface area contributed by atoms with Crippen LogP contribution in [0.1, 0.15) is 51.4 Å². The lowest BCUT2D eigenvalue weighted by atomic mass is 9.55. The van der Waals surface area contributed by atoms with E-state index in [1.54, 1.807) is 12.1 Å². The fourth-order valence-corrected chi connectivity index (χ4v) is 6.54. The van der Waals surface area contributed by atoms with Crippen LogP contribution in [0, 0.1) is 11.8 Å². The van der Waals surface area contributed by atoms with Crippen LogP contribution in [0.4, 0.5) is 0 Å². The third kappa shape index (κ3) is 3.96. The molecular weight excluding hydrogens is 534 g/mol. The van der Waals surface area contributed by atoms with Gasteiger partial charge in [0.1, 0.15) is 6.04 Å². The van der Waals surface area contributed by atoms with Gasteiger partial charge >= 0.3 is 5.97 Å². The molecule has 202 valence electrons. The second-order valence-electron chi connectivity index (χ2n) is 10.1. The van der Waals surface area contributed by atoms with Crippen molar-refractivity contribution < 1.29 is 28.7 Å². The maximum absolute atomic E-state index is 13.7. The highest BCUT2D eigenvalue weighted by Crippen LogP contribution is 2.61. The molecular formula is C30H24ClN3O6. The highest BCUT2D eigenvalue weighted by Gasteiger charge is 2.62. The molecule has 2 bridgehead atoms. The summed E-state index contributed by atoms with van der Waals surface area (Å²) in [6, 6.07) is 20.8. The average Bonchev–Trinajstić information content (AvgIpc) is 3.24. The van der Waals surface area contributed by atoms with Crippen LogP contribution in [0.3, 0.4) is 0 Å². The largest absolute Gasteiger partial charge is 0.454 e. The standard InChI is InChI=1S/C30H24ClN3O6/c1-15(30(39)40-14-22(35)32-33-27(36)20-12-6-7-13-21(20)31)34-28(37)25-23-16-8-2-3-9-17(16)24(26(25)29(34)38)19-11-5-4-10-18(19)23/h2-13,15,23-26H,14H2,1H3,(H,32,35)(H,33,36)/t15-,23?,24?,25-,26-/m1/s1. The molecule has 40 heavy (non-hydrogen) atoms. The van der Waals surface area contributed by atoms with Crippen LogP contribution < -0.4 is 10.9 Å². The number of hydrogen-bond donors (Lipinski definition) is 2. The van der Waals surface area contributed by atoms with E-state index >= 15 is 0 Å². The summed E-state index contributed by atoms with van der Waals surface area (Å²) in [7, 11) is 0. The molecule has 1 saturated heterocycles. The fraction of sp³-hybridized carbons (Fsp3) is 0.233. The fourth-order valence-electron chi connectivity index (χ4n) is 6.32. The van der Waals surface area contributed by atoms with Gasteiger partial charge in [0.2, 0.25) is 11.8 Å². The number of benzene rings is 3. The Morgan fingerprint density at radius 3 is 1.77 bits per heavy atom. The van der Waals surface area contributed by atoms with Crippen molar-refractivity contribution in [3.8, 4) is 0 Å². The number of amides is 4. The summed E-state index contributed by atoms with van der Waals surface area (Å²) in [5.74, 6) is -5.04. The van der Waals surface area contributed by atoms with E-state index in [1.807, 2.05) is 48.5 Å². The van der Waals surface area contributed by atoms with Gasteiger partial charge in [-0.1, -0.05) is 72.3 Å². The second-order valence-corrected chi connectivity index (χ2v) is 10.5. The van der Waals surface area contributed by atoms with Crippen LogP contribution in [-0.2, 0) is 23.9 Å². The van der Waals surface area contributed by atoms with E-state index < -0.39 is 54.1 Å². The molecule has 4 amide bonds. The van der Waals surface area contributed by atoms with Gasteiger partial charge in [0.15, 0.2) is 6.61 Å². The number of carbonyl (C=O) groups is 5. The van der Waals surface area contributed by atoms with Gasteiger partial charge < -0.3 is 4.74 Å². The Labute approximate surface area is 234 Å². The number of nitrogens with zero attached hydrogens (tertiary/aromatic N) is 1. The number of halogens is 1. The number of carbonyl (C=O) groups excluding carboxylic acids is 5. The molecule has 1 fully saturated rings. The summed E-state index contributed by atoms with van der Waals surface area (Å²) < 4.78 is 5.11. The van der Waals surface area contributed by atoms with Crippen molar-refractivity contribution in [3.63, 3.8) is 0 Å². The Bertz CT molecular complexity index is 1470. The highest BCUT2D eigenvalue weighted by atomic mass is 35.5. The first kappa shape index (κ1) is 25.8. The van der Waals surface area contributed by atoms with Gasteiger partial charge in [0.05, 0.1) is 22.4 Å². The molecule has 0 radical (unpaired) electrons. The van der Waals surface area contributed by atoms with Crippen molar-refractivity contribution in [2.24, 2.45) is 11.8 Å². The Morgan fingerprint density at radius 1 is 0.800 bits per heavy atom. The van der Waals surface area contributed by atoms with Crippen LogP contribution in [0.2, 0.25) is 5.02 Å². The predicted octanol–water partition coefficient (Wildman–Crippen LogP) is 2.92. The van der Waals surface area contributed by atoms with E-state index in [-0.39, 0.29) is 22.4 Å². The molecule has 4 aliphatic rings. The molecule has 3 aromatic carbocycles. The van der Waals surface area contributed by atoms with Crippen LogP contribution in [0.15, 0.2) is 72.8 Å². The Morgan fingerprint density at radius 2 is 1.27 bits per heavy atom. The summed E-state index contributed by atoms with van der Waals surface area (Å²) in [5, 5.41) is 0.203. The third-order valence-electron chi connectivity index (χ3n) is 7.99. The minimum Gasteiger partial charge on any atom is -0.454 e. The van der Waals surface area contributed by atoms with E-state index in [4.69, 9.17) is 16.3 Å². The lowest BCUT2D eigenvalue weighted by Gasteiger charge is -2.45. The van der Waals surface area contributed by atoms with Crippen molar-refractivity contribution in [2.75, 3.05) is 6.61 Å². The zero-order chi connectivity index (χ0) is 28.1. The molecule has 0 saturated carbocycles. The number of likely N-dealkylation sites (tertiary alicyclic amines) is 1. The lowest BCUT2D eigenvalue weighted by Crippen LogP contribution is -2.47. The van der Waals surface area contributed by atoms with Crippen molar-refractivity contribution in [2.45, 2.75) is 24.8 Å². The van der Waals surface area contributed by atoms with Crippen LogP contribution in [-0.4, -0.2) is 47.1 Å². The SMILES string of the molecule is C[C@H](C(=O)OCC(=O)NNC(=O)c1ccccc1Cl)N1C(=O)[C@@H]2C3c4ccccc4C(c4ccccc43)[C@H]2C1=O.